The molecule has 0 saturated carbocycles. The Morgan fingerprint density at radius 1 is 0.414 bits per heavy atom. The van der Waals surface area contributed by atoms with Crippen molar-refractivity contribution in [2.75, 3.05) is 40.9 Å². The van der Waals surface area contributed by atoms with Gasteiger partial charge >= 0.3 is 0 Å². The van der Waals surface area contributed by atoms with E-state index in [1.54, 1.807) is 0 Å². The number of amides is 1. The van der Waals surface area contributed by atoms with Crippen molar-refractivity contribution < 1.29 is 32.9 Å². The van der Waals surface area contributed by atoms with Crippen LogP contribution in [0.2, 0.25) is 0 Å². The summed E-state index contributed by atoms with van der Waals surface area (Å²) in [7, 11) is 1.33. The van der Waals surface area contributed by atoms with E-state index in [1.807, 2.05) is 21.1 Å². The normalized spacial score (nSPS) is 13.8. The minimum absolute atomic E-state index is 0.0148. The first-order valence-corrected chi connectivity index (χ1v) is 39.9. The Bertz CT molecular complexity index is 1560. The SMILES string of the molecule is CC/C=C\C/C=C\C/C=C\C/C=C\CCCCCCCCCCCCCCCCCCCCCCCCCCCCC(=O)NC(COP(=O)([O-])OCC[N+](C)(C)C)C(O)CCCCCCCCCCCCCCCCCCCCCCCCCCCC. The summed E-state index contributed by atoms with van der Waals surface area (Å²) in [6.45, 7) is 4.67. The molecule has 0 bridgehead atoms. The molecular weight excluding hydrogens is 1090 g/mol. The van der Waals surface area contributed by atoms with Crippen molar-refractivity contribution >= 4 is 13.7 Å². The van der Waals surface area contributed by atoms with Crippen molar-refractivity contribution in [3.63, 3.8) is 0 Å². The summed E-state index contributed by atoms with van der Waals surface area (Å²) >= 11 is 0. The molecule has 3 unspecified atom stereocenters. The van der Waals surface area contributed by atoms with Crippen molar-refractivity contribution in [1.82, 2.24) is 5.32 Å². The predicted molar refractivity (Wildman–Crippen MR) is 381 cm³/mol. The van der Waals surface area contributed by atoms with Crippen LogP contribution in [0, 0.1) is 0 Å². The highest BCUT2D eigenvalue weighted by atomic mass is 31.2. The molecule has 2 N–H and O–H groups in total. The fourth-order valence-electron chi connectivity index (χ4n) is 11.9. The van der Waals surface area contributed by atoms with Crippen LogP contribution in [0.4, 0.5) is 0 Å². The molecular formula is C78H151N2O6P. The van der Waals surface area contributed by atoms with Gasteiger partial charge in [-0.3, -0.25) is 9.36 Å². The molecule has 0 aromatic carbocycles. The minimum Gasteiger partial charge on any atom is -0.756 e. The van der Waals surface area contributed by atoms with Gasteiger partial charge < -0.3 is 28.8 Å². The molecule has 0 saturated heterocycles. The number of aliphatic hydroxyl groups is 1. The van der Waals surface area contributed by atoms with Crippen LogP contribution in [0.5, 0.6) is 0 Å². The lowest BCUT2D eigenvalue weighted by atomic mass is 10.0. The van der Waals surface area contributed by atoms with E-state index in [9.17, 15) is 19.4 Å². The van der Waals surface area contributed by atoms with E-state index >= 15 is 0 Å². The van der Waals surface area contributed by atoms with Gasteiger partial charge in [0.2, 0.25) is 5.91 Å². The summed E-state index contributed by atoms with van der Waals surface area (Å²) in [6, 6.07) is -0.801. The number of allylic oxidation sites excluding steroid dienone is 8. The summed E-state index contributed by atoms with van der Waals surface area (Å²) in [6.07, 6.45) is 93.7. The average molecular weight is 1240 g/mol. The third-order valence-corrected chi connectivity index (χ3v) is 18.8. The van der Waals surface area contributed by atoms with Gasteiger partial charge in [0.15, 0.2) is 0 Å². The van der Waals surface area contributed by atoms with E-state index in [4.69, 9.17) is 9.05 Å². The fourth-order valence-corrected chi connectivity index (χ4v) is 12.6. The molecule has 0 aromatic rings. The van der Waals surface area contributed by atoms with E-state index in [1.165, 1.54) is 302 Å². The smallest absolute Gasteiger partial charge is 0.268 e. The number of likely N-dealkylation sites (N-methyl/N-ethyl adjacent to an activating group) is 1. The molecule has 0 aromatic heterocycles. The Morgan fingerprint density at radius 3 is 1.02 bits per heavy atom. The first-order valence-electron chi connectivity index (χ1n) is 38.5. The number of nitrogens with one attached hydrogen (secondary N) is 1. The van der Waals surface area contributed by atoms with Crippen LogP contribution in [0.3, 0.4) is 0 Å². The summed E-state index contributed by atoms with van der Waals surface area (Å²) < 4.78 is 23.6. The molecule has 87 heavy (non-hydrogen) atoms. The van der Waals surface area contributed by atoms with Crippen molar-refractivity contribution in [3.05, 3.63) is 48.6 Å². The number of nitrogens with zero attached hydrogens (tertiary/aromatic N) is 1. The first-order chi connectivity index (χ1) is 42.5. The lowest BCUT2D eigenvalue weighted by molar-refractivity contribution is -0.870. The standard InChI is InChI=1S/C78H151N2O6P/c1-6-8-10-12-14-16-18-20-22-24-26-28-30-32-34-35-36-37-38-39-40-41-42-43-44-45-46-48-50-52-54-56-58-60-62-64-66-68-70-72-78(82)79-76(75-86-87(83,84)85-74-73-80(3,4)5)77(81)71-69-67-65-63-61-59-57-55-53-51-49-47-33-31-29-27-25-23-21-19-17-15-13-11-9-7-2/h8,10,14,16,20,22,26,28,76-77,81H,6-7,9,11-13,15,17-19,21,23-25,27,29-75H2,1-5H3,(H-,79,82,83,84)/b10-8-,16-14-,22-20-,28-26-. The van der Waals surface area contributed by atoms with Crippen LogP contribution < -0.4 is 10.2 Å². The summed E-state index contributed by atoms with van der Waals surface area (Å²) in [4.78, 5) is 25.7. The Kier molecular flexibility index (Phi) is 67.6. The summed E-state index contributed by atoms with van der Waals surface area (Å²) in [5.74, 6) is -0.155. The molecule has 0 fully saturated rings. The number of rotatable bonds is 72. The predicted octanol–water partition coefficient (Wildman–Crippen LogP) is 24.3. The number of unbranched alkanes of at least 4 members (excludes halogenated alkanes) is 51. The summed E-state index contributed by atoms with van der Waals surface area (Å²) in [5.41, 5.74) is 0. The zero-order chi connectivity index (χ0) is 63.4. The van der Waals surface area contributed by atoms with Gasteiger partial charge in [0.25, 0.3) is 7.82 Å². The number of hydrogen-bond donors (Lipinski definition) is 2. The number of aliphatic hydroxyl groups excluding tert-OH is 1. The second-order valence-corrected chi connectivity index (χ2v) is 29.1. The number of quaternary nitrogens is 1. The molecule has 0 heterocycles. The number of phosphoric acid groups is 1. The molecule has 0 radical (unpaired) electrons. The third-order valence-electron chi connectivity index (χ3n) is 17.8. The molecule has 8 nitrogen and oxygen atoms in total. The highest BCUT2D eigenvalue weighted by Crippen LogP contribution is 2.38. The minimum atomic E-state index is -4.58. The Morgan fingerprint density at radius 2 is 0.701 bits per heavy atom. The quantitative estimate of drug-likeness (QED) is 0.0272. The van der Waals surface area contributed by atoms with Crippen LogP contribution in [-0.4, -0.2) is 68.5 Å². The van der Waals surface area contributed by atoms with Crippen molar-refractivity contribution in [2.45, 2.75) is 405 Å². The van der Waals surface area contributed by atoms with Crippen LogP contribution >= 0.6 is 7.82 Å². The molecule has 0 spiro atoms. The van der Waals surface area contributed by atoms with Gasteiger partial charge in [-0.1, -0.05) is 383 Å². The van der Waals surface area contributed by atoms with E-state index < -0.39 is 20.0 Å². The molecule has 3 atom stereocenters. The highest BCUT2D eigenvalue weighted by molar-refractivity contribution is 7.45. The monoisotopic (exact) mass is 1240 g/mol. The van der Waals surface area contributed by atoms with Crippen molar-refractivity contribution in [2.24, 2.45) is 0 Å². The fraction of sp³-hybridized carbons (Fsp3) is 0.885. The Balaban J connectivity index is 3.90. The average Bonchev–Trinajstić information content (AvgIpc) is 3.69. The van der Waals surface area contributed by atoms with E-state index in [-0.39, 0.29) is 19.1 Å². The van der Waals surface area contributed by atoms with Crippen molar-refractivity contribution in [1.29, 1.82) is 0 Å². The van der Waals surface area contributed by atoms with E-state index in [0.717, 1.165) is 64.2 Å². The van der Waals surface area contributed by atoms with Crippen LogP contribution in [-0.2, 0) is 18.4 Å². The Labute approximate surface area is 543 Å². The lowest BCUT2D eigenvalue weighted by Crippen LogP contribution is -2.46. The maximum absolute atomic E-state index is 13.1. The Hall–Kier alpha value is -1.54. The maximum Gasteiger partial charge on any atom is 0.268 e. The molecule has 0 rings (SSSR count). The van der Waals surface area contributed by atoms with Crippen LogP contribution in [0.25, 0.3) is 0 Å². The molecule has 0 aliphatic heterocycles. The van der Waals surface area contributed by atoms with Gasteiger partial charge in [0.1, 0.15) is 13.2 Å². The second-order valence-electron chi connectivity index (χ2n) is 27.7. The number of phosphoric ester groups is 1. The molecule has 9 heteroatoms. The molecule has 1 amide bonds. The van der Waals surface area contributed by atoms with Crippen molar-refractivity contribution in [3.8, 4) is 0 Å². The van der Waals surface area contributed by atoms with E-state index in [2.05, 4.69) is 67.8 Å². The van der Waals surface area contributed by atoms with Crippen LogP contribution in [0.1, 0.15) is 393 Å². The molecule has 514 valence electrons. The largest absolute Gasteiger partial charge is 0.756 e. The molecule has 0 aliphatic rings. The van der Waals surface area contributed by atoms with Gasteiger partial charge in [-0.05, 0) is 51.4 Å². The number of carbonyl (C=O) groups excluding carboxylic acids is 1. The zero-order valence-corrected chi connectivity index (χ0v) is 59.9. The maximum atomic E-state index is 13.1. The lowest BCUT2D eigenvalue weighted by Gasteiger charge is -2.30. The van der Waals surface area contributed by atoms with Crippen LogP contribution in [0.15, 0.2) is 48.6 Å². The first kappa shape index (κ1) is 85.5. The third kappa shape index (κ3) is 71.8. The number of hydrogen-bond acceptors (Lipinski definition) is 6. The topological polar surface area (TPSA) is 108 Å². The number of carbonyl (C=O) groups is 1. The van der Waals surface area contributed by atoms with Gasteiger partial charge in [0.05, 0.1) is 39.9 Å². The van der Waals surface area contributed by atoms with Gasteiger partial charge in [-0.2, -0.15) is 0 Å². The van der Waals surface area contributed by atoms with Gasteiger partial charge in [-0.25, -0.2) is 0 Å². The second kappa shape index (κ2) is 68.8. The zero-order valence-electron chi connectivity index (χ0n) is 59.0. The van der Waals surface area contributed by atoms with Gasteiger partial charge in [0, 0.05) is 6.42 Å². The van der Waals surface area contributed by atoms with Gasteiger partial charge in [-0.15, -0.1) is 0 Å². The highest BCUT2D eigenvalue weighted by Gasteiger charge is 2.24. The summed E-state index contributed by atoms with van der Waals surface area (Å²) in [5, 5.41) is 14.1. The van der Waals surface area contributed by atoms with E-state index in [0.29, 0.717) is 23.9 Å². The molecule has 0 aliphatic carbocycles.